The van der Waals surface area contributed by atoms with Crippen LogP contribution in [-0.4, -0.2) is 49.9 Å². The quantitative estimate of drug-likeness (QED) is 0.541. The maximum Gasteiger partial charge on any atom is 0.166 e. The largest absolute Gasteiger partial charge is 0.508 e. The molecule has 3 aliphatic carbocycles. The Bertz CT molecular complexity index is 1380. The number of phenols is 2. The molecule has 1 aromatic heterocycles. The van der Waals surface area contributed by atoms with Crippen LogP contribution in [0.25, 0.3) is 11.1 Å². The third kappa shape index (κ3) is 2.49. The number of aromatic nitrogens is 1. The summed E-state index contributed by atoms with van der Waals surface area (Å²) in [5.41, 5.74) is 4.42. The standard InChI is InChI=1S/C29H28N2O4/c32-21-6-3-17(4-7-21)20-11-19-13-29(34)23-12-18-5-8-22(33)26-24(18)28(29,27(35-26)25(19)30-14-20)9-10-31(23)15-16-1-2-16/h3-8,11,14,16,23,27,32-34H,1-2,9-10,12-13,15H2/t23-,27-,28-,29+/m0/s1. The second kappa shape index (κ2) is 6.56. The molecule has 6 nitrogen and oxygen atoms in total. The number of hydrogen-bond acceptors (Lipinski definition) is 6. The minimum absolute atomic E-state index is 0.0106. The summed E-state index contributed by atoms with van der Waals surface area (Å²) in [7, 11) is 0. The number of aliphatic hydroxyl groups is 1. The highest BCUT2D eigenvalue weighted by molar-refractivity contribution is 5.68. The number of piperidine rings is 1. The third-order valence-corrected chi connectivity index (χ3v) is 9.42. The van der Waals surface area contributed by atoms with Gasteiger partial charge in [-0.2, -0.15) is 0 Å². The van der Waals surface area contributed by atoms with Gasteiger partial charge in [0.25, 0.3) is 0 Å². The molecule has 0 radical (unpaired) electrons. The van der Waals surface area contributed by atoms with Crippen molar-refractivity contribution in [3.63, 3.8) is 0 Å². The van der Waals surface area contributed by atoms with E-state index < -0.39 is 17.1 Å². The molecule has 5 aliphatic rings. The molecule has 2 bridgehead atoms. The van der Waals surface area contributed by atoms with Gasteiger partial charge in [0.1, 0.15) is 5.75 Å². The lowest BCUT2D eigenvalue weighted by atomic mass is 9.49. The SMILES string of the molecule is Oc1ccc(-c2cnc3c(c2)C[C@@]2(O)[C@@H]4Cc5ccc(O)c6c5[C@@]2(CCN4CC2CC2)[C@H]3O6)cc1. The average molecular weight is 469 g/mol. The van der Waals surface area contributed by atoms with Crippen LogP contribution in [0.4, 0.5) is 0 Å². The van der Waals surface area contributed by atoms with Gasteiger partial charge < -0.3 is 20.1 Å². The fourth-order valence-corrected chi connectivity index (χ4v) is 7.65. The molecule has 3 aromatic rings. The number of nitrogens with zero attached hydrogens (tertiary/aromatic N) is 2. The Labute approximate surface area is 203 Å². The van der Waals surface area contributed by atoms with Crippen LogP contribution in [0.5, 0.6) is 17.2 Å². The zero-order chi connectivity index (χ0) is 23.5. The number of hydrogen-bond donors (Lipinski definition) is 3. The van der Waals surface area contributed by atoms with Crippen LogP contribution in [-0.2, 0) is 18.3 Å². The summed E-state index contributed by atoms with van der Waals surface area (Å²) in [5.74, 6) is 1.67. The van der Waals surface area contributed by atoms with Gasteiger partial charge in [-0.15, -0.1) is 0 Å². The molecule has 2 fully saturated rings. The van der Waals surface area contributed by atoms with E-state index in [1.807, 2.05) is 24.4 Å². The number of phenolic OH excluding ortho intramolecular Hbond substituents is 2. The maximum absolute atomic E-state index is 12.8. The zero-order valence-corrected chi connectivity index (χ0v) is 19.4. The summed E-state index contributed by atoms with van der Waals surface area (Å²) in [6.07, 6.45) is 6.10. The number of likely N-dealkylation sites (tertiary alicyclic amines) is 1. The van der Waals surface area contributed by atoms with Gasteiger partial charge in [0.2, 0.25) is 0 Å². The van der Waals surface area contributed by atoms with Crippen molar-refractivity contribution in [3.8, 4) is 28.4 Å². The summed E-state index contributed by atoms with van der Waals surface area (Å²) in [5, 5.41) is 33.3. The van der Waals surface area contributed by atoms with Crippen molar-refractivity contribution in [2.45, 2.75) is 55.3 Å². The van der Waals surface area contributed by atoms with E-state index in [-0.39, 0.29) is 17.5 Å². The molecule has 1 spiro atoms. The number of fused-ring (bicyclic) bond motifs is 2. The van der Waals surface area contributed by atoms with E-state index >= 15 is 0 Å². The fourth-order valence-electron chi connectivity index (χ4n) is 7.65. The van der Waals surface area contributed by atoms with Crippen LogP contribution in [0, 0.1) is 5.92 Å². The molecule has 8 rings (SSSR count). The second-order valence-electron chi connectivity index (χ2n) is 11.2. The van der Waals surface area contributed by atoms with Crippen molar-refractivity contribution in [1.82, 2.24) is 9.88 Å². The van der Waals surface area contributed by atoms with Crippen molar-refractivity contribution in [3.05, 3.63) is 71.0 Å². The highest BCUT2D eigenvalue weighted by Crippen LogP contribution is 2.68. The Balaban J connectivity index is 1.32. The van der Waals surface area contributed by atoms with E-state index in [2.05, 4.69) is 11.0 Å². The van der Waals surface area contributed by atoms with E-state index in [0.29, 0.717) is 12.2 Å². The Hall–Kier alpha value is -3.09. The highest BCUT2D eigenvalue weighted by Gasteiger charge is 2.72. The van der Waals surface area contributed by atoms with Crippen molar-refractivity contribution >= 4 is 0 Å². The summed E-state index contributed by atoms with van der Waals surface area (Å²) in [6.45, 7) is 1.98. The molecule has 1 saturated carbocycles. The van der Waals surface area contributed by atoms with Crippen LogP contribution >= 0.6 is 0 Å². The lowest BCUT2D eigenvalue weighted by Crippen LogP contribution is -2.74. The number of aromatic hydroxyl groups is 2. The molecule has 35 heavy (non-hydrogen) atoms. The van der Waals surface area contributed by atoms with Crippen LogP contribution in [0.1, 0.15) is 47.8 Å². The highest BCUT2D eigenvalue weighted by atomic mass is 16.5. The maximum atomic E-state index is 12.8. The molecule has 0 amide bonds. The topological polar surface area (TPSA) is 86.1 Å². The molecule has 2 aliphatic heterocycles. The summed E-state index contributed by atoms with van der Waals surface area (Å²) in [4.78, 5) is 7.46. The monoisotopic (exact) mass is 468 g/mol. The van der Waals surface area contributed by atoms with Gasteiger partial charge in [0.05, 0.1) is 16.7 Å². The first-order valence-electron chi connectivity index (χ1n) is 12.7. The molecule has 0 unspecified atom stereocenters. The van der Waals surface area contributed by atoms with E-state index in [0.717, 1.165) is 59.8 Å². The molecule has 3 heterocycles. The van der Waals surface area contributed by atoms with Crippen LogP contribution in [0.3, 0.4) is 0 Å². The summed E-state index contributed by atoms with van der Waals surface area (Å²) in [6, 6.07) is 13.0. The van der Waals surface area contributed by atoms with Gasteiger partial charge in [0.15, 0.2) is 17.6 Å². The average Bonchev–Trinajstić information content (AvgIpc) is 3.59. The van der Waals surface area contributed by atoms with Crippen molar-refractivity contribution < 1.29 is 20.1 Å². The van der Waals surface area contributed by atoms with Crippen molar-refractivity contribution in [2.24, 2.45) is 5.92 Å². The second-order valence-corrected chi connectivity index (χ2v) is 11.2. The fraction of sp³-hybridized carbons (Fsp3) is 0.414. The lowest BCUT2D eigenvalue weighted by Gasteiger charge is -2.63. The van der Waals surface area contributed by atoms with Crippen molar-refractivity contribution in [1.29, 1.82) is 0 Å². The smallest absolute Gasteiger partial charge is 0.166 e. The molecule has 6 heteroatoms. The van der Waals surface area contributed by atoms with Gasteiger partial charge in [-0.05, 0) is 79.1 Å². The number of ether oxygens (including phenoxy) is 1. The normalized spacial score (nSPS) is 32.0. The van der Waals surface area contributed by atoms with Gasteiger partial charge in [0, 0.05) is 36.3 Å². The summed E-state index contributed by atoms with van der Waals surface area (Å²) >= 11 is 0. The van der Waals surface area contributed by atoms with Crippen LogP contribution < -0.4 is 4.74 Å². The minimum Gasteiger partial charge on any atom is -0.508 e. The predicted octanol–water partition coefficient (Wildman–Crippen LogP) is 3.86. The molecule has 3 N–H and O–H groups in total. The minimum atomic E-state index is -1.00. The first kappa shape index (κ1) is 20.1. The lowest BCUT2D eigenvalue weighted by molar-refractivity contribution is -0.173. The Morgan fingerprint density at radius 1 is 1.03 bits per heavy atom. The first-order valence-corrected chi connectivity index (χ1v) is 12.7. The third-order valence-electron chi connectivity index (χ3n) is 9.42. The molecular weight excluding hydrogens is 440 g/mol. The van der Waals surface area contributed by atoms with Gasteiger partial charge in [-0.1, -0.05) is 18.2 Å². The van der Waals surface area contributed by atoms with E-state index in [4.69, 9.17) is 9.72 Å². The van der Waals surface area contributed by atoms with Gasteiger partial charge in [-0.25, -0.2) is 0 Å². The van der Waals surface area contributed by atoms with Crippen molar-refractivity contribution in [2.75, 3.05) is 13.1 Å². The first-order chi connectivity index (χ1) is 17.0. The van der Waals surface area contributed by atoms with Crippen LogP contribution in [0.2, 0.25) is 0 Å². The zero-order valence-electron chi connectivity index (χ0n) is 19.4. The molecule has 178 valence electrons. The Morgan fingerprint density at radius 3 is 2.66 bits per heavy atom. The Morgan fingerprint density at radius 2 is 1.86 bits per heavy atom. The number of rotatable bonds is 3. The molecular formula is C29H28N2O4. The summed E-state index contributed by atoms with van der Waals surface area (Å²) < 4.78 is 6.57. The number of pyridine rings is 1. The number of benzene rings is 2. The molecule has 2 aromatic carbocycles. The molecule has 4 atom stereocenters. The van der Waals surface area contributed by atoms with E-state index in [1.165, 1.54) is 18.4 Å². The van der Waals surface area contributed by atoms with Crippen LogP contribution in [0.15, 0.2) is 48.7 Å². The molecule has 1 saturated heterocycles. The van der Waals surface area contributed by atoms with Gasteiger partial charge >= 0.3 is 0 Å². The van der Waals surface area contributed by atoms with E-state index in [9.17, 15) is 15.3 Å². The van der Waals surface area contributed by atoms with E-state index in [1.54, 1.807) is 18.2 Å². The predicted molar refractivity (Wildman–Crippen MR) is 130 cm³/mol. The van der Waals surface area contributed by atoms with Gasteiger partial charge in [-0.3, -0.25) is 9.88 Å². The Kier molecular flexibility index (Phi) is 3.78.